The third-order valence-corrected chi connectivity index (χ3v) is 3.84. The highest BCUT2D eigenvalue weighted by Crippen LogP contribution is 2.29. The third kappa shape index (κ3) is 3.33. The summed E-state index contributed by atoms with van der Waals surface area (Å²) in [6, 6.07) is 12.7. The van der Waals surface area contributed by atoms with Gasteiger partial charge in [-0.05, 0) is 35.4 Å². The summed E-state index contributed by atoms with van der Waals surface area (Å²) in [5.74, 6) is 0. The molecule has 3 rings (SSSR count). The van der Waals surface area contributed by atoms with Crippen LogP contribution in [0.2, 0.25) is 0 Å². The van der Waals surface area contributed by atoms with E-state index in [9.17, 15) is 13.2 Å². The number of fused-ring (bicyclic) bond motifs is 1. The van der Waals surface area contributed by atoms with Gasteiger partial charge in [-0.2, -0.15) is 13.2 Å². The lowest BCUT2D eigenvalue weighted by atomic mass is 10.1. The van der Waals surface area contributed by atoms with Crippen molar-refractivity contribution in [2.75, 3.05) is 5.32 Å². The van der Waals surface area contributed by atoms with Crippen LogP contribution in [0.15, 0.2) is 54.7 Å². The molecule has 3 nitrogen and oxygen atoms in total. The zero-order valence-electron chi connectivity index (χ0n) is 12.8. The fraction of sp³-hybridized carbons (Fsp3) is 0.167. The molecule has 3 aromatic rings. The fourth-order valence-electron chi connectivity index (χ4n) is 2.56. The molecule has 0 spiro atoms. The number of aromatic nitrogens is 1. The first-order chi connectivity index (χ1) is 11.5. The molecular formula is C18H16F3N3. The zero-order chi connectivity index (χ0) is 17.2. The molecule has 0 saturated heterocycles. The minimum Gasteiger partial charge on any atom is -0.379 e. The first kappa shape index (κ1) is 16.3. The Morgan fingerprint density at radius 1 is 1.00 bits per heavy atom. The predicted molar refractivity (Wildman–Crippen MR) is 88.4 cm³/mol. The predicted octanol–water partition coefficient (Wildman–Crippen LogP) is 4.32. The number of halogens is 3. The van der Waals surface area contributed by atoms with Crippen LogP contribution < -0.4 is 11.1 Å². The molecule has 6 heteroatoms. The van der Waals surface area contributed by atoms with Crippen molar-refractivity contribution in [3.63, 3.8) is 0 Å². The molecule has 0 bridgehead atoms. The largest absolute Gasteiger partial charge is 0.416 e. The minimum atomic E-state index is -4.32. The van der Waals surface area contributed by atoms with E-state index in [1.54, 1.807) is 6.20 Å². The topological polar surface area (TPSA) is 50.9 Å². The van der Waals surface area contributed by atoms with E-state index in [4.69, 9.17) is 5.73 Å². The van der Waals surface area contributed by atoms with Crippen LogP contribution >= 0.6 is 0 Å². The minimum absolute atomic E-state index is 0.409. The van der Waals surface area contributed by atoms with Crippen molar-refractivity contribution in [2.24, 2.45) is 5.73 Å². The van der Waals surface area contributed by atoms with Crippen molar-refractivity contribution in [3.8, 4) is 0 Å². The highest BCUT2D eigenvalue weighted by Gasteiger charge is 2.29. The normalized spacial score (nSPS) is 11.7. The van der Waals surface area contributed by atoms with Crippen LogP contribution in [0.25, 0.3) is 10.9 Å². The van der Waals surface area contributed by atoms with Crippen molar-refractivity contribution < 1.29 is 13.2 Å². The Morgan fingerprint density at radius 3 is 2.42 bits per heavy atom. The maximum Gasteiger partial charge on any atom is 0.416 e. The standard InChI is InChI=1S/C18H16F3N3/c19-18(20,21)14-6-3-12(4-7-14)11-24-16-8-5-13(10-22)15-2-1-9-23-17(15)16/h1-9,24H,10-11,22H2. The number of anilines is 1. The molecule has 0 unspecified atom stereocenters. The van der Waals surface area contributed by atoms with Gasteiger partial charge in [-0.1, -0.05) is 24.3 Å². The molecule has 0 aliphatic heterocycles. The molecule has 0 fully saturated rings. The van der Waals surface area contributed by atoms with Gasteiger partial charge in [0.15, 0.2) is 0 Å². The van der Waals surface area contributed by atoms with Gasteiger partial charge < -0.3 is 11.1 Å². The van der Waals surface area contributed by atoms with Crippen LogP contribution in [0.4, 0.5) is 18.9 Å². The number of nitrogens with zero attached hydrogens (tertiary/aromatic N) is 1. The lowest BCUT2D eigenvalue weighted by Crippen LogP contribution is -2.06. The Balaban J connectivity index is 1.81. The molecule has 0 aliphatic rings. The molecule has 0 aliphatic carbocycles. The van der Waals surface area contributed by atoms with Crippen molar-refractivity contribution >= 4 is 16.6 Å². The fourth-order valence-corrected chi connectivity index (χ4v) is 2.56. The average Bonchev–Trinajstić information content (AvgIpc) is 2.59. The number of hydrogen-bond donors (Lipinski definition) is 2. The Hall–Kier alpha value is -2.60. The SMILES string of the molecule is NCc1ccc(NCc2ccc(C(F)(F)F)cc2)c2ncccc12. The van der Waals surface area contributed by atoms with Gasteiger partial charge in [0.05, 0.1) is 16.8 Å². The van der Waals surface area contributed by atoms with Gasteiger partial charge in [0.1, 0.15) is 0 Å². The molecule has 3 N–H and O–H groups in total. The van der Waals surface area contributed by atoms with Crippen molar-refractivity contribution in [1.82, 2.24) is 4.98 Å². The lowest BCUT2D eigenvalue weighted by molar-refractivity contribution is -0.137. The van der Waals surface area contributed by atoms with Gasteiger partial charge in [-0.25, -0.2) is 0 Å². The second-order valence-electron chi connectivity index (χ2n) is 5.42. The van der Waals surface area contributed by atoms with Gasteiger partial charge in [0, 0.05) is 24.7 Å². The monoisotopic (exact) mass is 331 g/mol. The van der Waals surface area contributed by atoms with E-state index in [0.717, 1.165) is 39.8 Å². The van der Waals surface area contributed by atoms with Crippen LogP contribution in [0, 0.1) is 0 Å². The van der Waals surface area contributed by atoms with Gasteiger partial charge in [-0.3, -0.25) is 4.98 Å². The highest BCUT2D eigenvalue weighted by molar-refractivity contribution is 5.92. The maximum absolute atomic E-state index is 12.6. The molecule has 24 heavy (non-hydrogen) atoms. The van der Waals surface area contributed by atoms with Crippen LogP contribution in [0.5, 0.6) is 0 Å². The first-order valence-electron chi connectivity index (χ1n) is 7.46. The number of nitrogens with two attached hydrogens (primary N) is 1. The van der Waals surface area contributed by atoms with Crippen molar-refractivity contribution in [2.45, 2.75) is 19.3 Å². The quantitative estimate of drug-likeness (QED) is 0.748. The van der Waals surface area contributed by atoms with Crippen molar-refractivity contribution in [1.29, 1.82) is 0 Å². The van der Waals surface area contributed by atoms with E-state index < -0.39 is 11.7 Å². The third-order valence-electron chi connectivity index (χ3n) is 3.84. The molecule has 0 atom stereocenters. The summed E-state index contributed by atoms with van der Waals surface area (Å²) in [7, 11) is 0. The van der Waals surface area contributed by atoms with E-state index in [2.05, 4.69) is 10.3 Å². The van der Waals surface area contributed by atoms with Gasteiger partial charge >= 0.3 is 6.18 Å². The summed E-state index contributed by atoms with van der Waals surface area (Å²) in [6.07, 6.45) is -2.62. The summed E-state index contributed by atoms with van der Waals surface area (Å²) in [5, 5.41) is 4.20. The summed E-state index contributed by atoms with van der Waals surface area (Å²) < 4.78 is 37.7. The van der Waals surface area contributed by atoms with Gasteiger partial charge in [-0.15, -0.1) is 0 Å². The number of hydrogen-bond acceptors (Lipinski definition) is 3. The van der Waals surface area contributed by atoms with Crippen LogP contribution in [0.1, 0.15) is 16.7 Å². The molecule has 0 radical (unpaired) electrons. The Labute approximate surface area is 137 Å². The van der Waals surface area contributed by atoms with E-state index in [1.807, 2.05) is 24.3 Å². The van der Waals surface area contributed by atoms with Crippen LogP contribution in [-0.4, -0.2) is 4.98 Å². The molecular weight excluding hydrogens is 315 g/mol. The summed E-state index contributed by atoms with van der Waals surface area (Å²) in [6.45, 7) is 0.827. The number of benzene rings is 2. The summed E-state index contributed by atoms with van der Waals surface area (Å²) >= 11 is 0. The van der Waals surface area contributed by atoms with Gasteiger partial charge in [0.2, 0.25) is 0 Å². The molecule has 2 aromatic carbocycles. The second kappa shape index (κ2) is 6.49. The van der Waals surface area contributed by atoms with Gasteiger partial charge in [0.25, 0.3) is 0 Å². The number of rotatable bonds is 4. The summed E-state index contributed by atoms with van der Waals surface area (Å²) in [4.78, 5) is 4.38. The average molecular weight is 331 g/mol. The Morgan fingerprint density at radius 2 is 1.75 bits per heavy atom. The number of pyridine rings is 1. The van der Waals surface area contributed by atoms with Crippen molar-refractivity contribution in [3.05, 3.63) is 71.4 Å². The smallest absolute Gasteiger partial charge is 0.379 e. The first-order valence-corrected chi connectivity index (χ1v) is 7.46. The van der Waals surface area contributed by atoms with Crippen LogP contribution in [-0.2, 0) is 19.3 Å². The Bertz CT molecular complexity index is 842. The summed E-state index contributed by atoms with van der Waals surface area (Å²) in [5.41, 5.74) is 8.47. The van der Waals surface area contributed by atoms with Crippen LogP contribution in [0.3, 0.4) is 0 Å². The number of nitrogens with one attached hydrogen (secondary N) is 1. The molecule has 1 aromatic heterocycles. The Kier molecular flexibility index (Phi) is 4.40. The van der Waals surface area contributed by atoms with E-state index >= 15 is 0 Å². The van der Waals surface area contributed by atoms with E-state index in [-0.39, 0.29) is 0 Å². The number of alkyl halides is 3. The lowest BCUT2D eigenvalue weighted by Gasteiger charge is -2.12. The zero-order valence-corrected chi connectivity index (χ0v) is 12.8. The molecule has 124 valence electrons. The molecule has 1 heterocycles. The molecule has 0 amide bonds. The second-order valence-corrected chi connectivity index (χ2v) is 5.42. The van der Waals surface area contributed by atoms with E-state index in [1.165, 1.54) is 12.1 Å². The highest BCUT2D eigenvalue weighted by atomic mass is 19.4. The molecule has 0 saturated carbocycles. The van der Waals surface area contributed by atoms with E-state index in [0.29, 0.717) is 13.1 Å². The maximum atomic E-state index is 12.6.